The van der Waals surface area contributed by atoms with Gasteiger partial charge < -0.3 is 21.2 Å². The fourth-order valence-corrected chi connectivity index (χ4v) is 3.22. The highest BCUT2D eigenvalue weighted by molar-refractivity contribution is 6.36. The van der Waals surface area contributed by atoms with Crippen molar-refractivity contribution in [1.82, 2.24) is 10.4 Å². The quantitative estimate of drug-likeness (QED) is 0.642. The third-order valence-corrected chi connectivity index (χ3v) is 5.04. The van der Waals surface area contributed by atoms with Gasteiger partial charge in [-0.3, -0.25) is 4.99 Å². The Hall–Kier alpha value is -2.45. The van der Waals surface area contributed by atoms with E-state index >= 15 is 0 Å². The van der Waals surface area contributed by atoms with Crippen molar-refractivity contribution >= 4 is 34.9 Å². The molecule has 5 N–H and O–H groups in total. The van der Waals surface area contributed by atoms with Crippen molar-refractivity contribution in [3.8, 4) is 0 Å². The first kappa shape index (κ1) is 20.3. The molecule has 2 aliphatic rings. The topological polar surface area (TPSA) is 101 Å². The largest absolute Gasteiger partial charge is 0.396 e. The average Bonchev–Trinajstić information content (AvgIpc) is 3.15. The summed E-state index contributed by atoms with van der Waals surface area (Å²) in [5.74, 6) is 0.814. The maximum Gasteiger partial charge on any atom is 0.226 e. The van der Waals surface area contributed by atoms with Crippen LogP contribution in [0.25, 0.3) is 0 Å². The summed E-state index contributed by atoms with van der Waals surface area (Å²) in [6.07, 6.45) is 1.65. The van der Waals surface area contributed by atoms with Crippen LogP contribution in [0.15, 0.2) is 45.4 Å². The van der Waals surface area contributed by atoms with Gasteiger partial charge in [0.25, 0.3) is 0 Å². The van der Waals surface area contributed by atoms with Crippen LogP contribution in [0.3, 0.4) is 0 Å². The van der Waals surface area contributed by atoms with Crippen molar-refractivity contribution in [3.05, 3.63) is 56.8 Å². The van der Waals surface area contributed by atoms with E-state index in [1.165, 1.54) is 12.1 Å². The molecule has 0 unspecified atom stereocenters. The molecule has 28 heavy (non-hydrogen) atoms. The molecule has 0 atom stereocenters. The van der Waals surface area contributed by atoms with Gasteiger partial charge in [-0.15, -0.1) is 0 Å². The number of allylic oxidation sites excluding steroid dienone is 1. The van der Waals surface area contributed by atoms with Crippen LogP contribution in [0.4, 0.5) is 4.39 Å². The van der Waals surface area contributed by atoms with E-state index in [9.17, 15) is 4.39 Å². The molecule has 0 saturated heterocycles. The molecule has 0 saturated carbocycles. The van der Waals surface area contributed by atoms with Crippen LogP contribution in [0.5, 0.6) is 0 Å². The van der Waals surface area contributed by atoms with Crippen molar-refractivity contribution in [2.24, 2.45) is 27.4 Å². The lowest BCUT2D eigenvalue weighted by molar-refractivity contribution is 0.223. The van der Waals surface area contributed by atoms with Crippen LogP contribution in [0.2, 0.25) is 10.0 Å². The standard InChI is InChI=1S/C18H21Cl2FN6O/c1-9(2)18-25-17(26-28-18)13(22)7-14-16(23)24-5-6-27(14)8-10-11(19)3-4-12(21)15(10)20/h3-4,7,9,26H,5-6,8,22H2,1-2H3,(H2,23,24). The van der Waals surface area contributed by atoms with Crippen LogP contribution in [0, 0.1) is 11.7 Å². The Morgan fingerprint density at radius 2 is 2.18 bits per heavy atom. The summed E-state index contributed by atoms with van der Waals surface area (Å²) in [5, 5.41) is 0.353. The molecule has 2 heterocycles. The van der Waals surface area contributed by atoms with E-state index in [4.69, 9.17) is 39.5 Å². The van der Waals surface area contributed by atoms with Gasteiger partial charge in [-0.05, 0) is 18.2 Å². The maximum absolute atomic E-state index is 13.9. The van der Waals surface area contributed by atoms with E-state index in [1.54, 1.807) is 6.08 Å². The third kappa shape index (κ3) is 4.18. The van der Waals surface area contributed by atoms with E-state index in [-0.39, 0.29) is 17.5 Å². The molecule has 150 valence electrons. The second-order valence-corrected chi connectivity index (χ2v) is 7.44. The number of rotatable bonds is 4. The molecule has 3 rings (SSSR count). The fourth-order valence-electron chi connectivity index (χ4n) is 2.73. The van der Waals surface area contributed by atoms with E-state index in [0.29, 0.717) is 52.6 Å². The lowest BCUT2D eigenvalue weighted by atomic mass is 10.1. The predicted molar refractivity (Wildman–Crippen MR) is 109 cm³/mol. The zero-order valence-electron chi connectivity index (χ0n) is 15.5. The molecular weight excluding hydrogens is 406 g/mol. The molecule has 7 nitrogen and oxygen atoms in total. The SMILES string of the molecule is CC(C)C1=NC(=C(N)C=C2C(N)=NCCN2Cc2c(Cl)ccc(F)c2Cl)NO1. The van der Waals surface area contributed by atoms with Crippen LogP contribution < -0.4 is 16.9 Å². The van der Waals surface area contributed by atoms with Gasteiger partial charge in [0, 0.05) is 29.6 Å². The maximum atomic E-state index is 13.9. The Kier molecular flexibility index (Phi) is 6.00. The van der Waals surface area contributed by atoms with Gasteiger partial charge in [-0.2, -0.15) is 4.99 Å². The second kappa shape index (κ2) is 8.28. The summed E-state index contributed by atoms with van der Waals surface area (Å²) in [7, 11) is 0. The van der Waals surface area contributed by atoms with Crippen LogP contribution in [-0.2, 0) is 11.4 Å². The zero-order chi connectivity index (χ0) is 20.4. The number of hydroxylamine groups is 1. The third-order valence-electron chi connectivity index (χ3n) is 4.28. The highest BCUT2D eigenvalue weighted by atomic mass is 35.5. The van der Waals surface area contributed by atoms with Gasteiger partial charge in [0.1, 0.15) is 11.7 Å². The van der Waals surface area contributed by atoms with E-state index in [0.717, 1.165) is 0 Å². The summed E-state index contributed by atoms with van der Waals surface area (Å²) in [4.78, 5) is 15.8. The van der Waals surface area contributed by atoms with E-state index in [2.05, 4.69) is 15.5 Å². The minimum atomic E-state index is -0.533. The van der Waals surface area contributed by atoms with Gasteiger partial charge in [0.15, 0.2) is 5.82 Å². The number of hydrogen-bond acceptors (Lipinski definition) is 7. The molecule has 0 fully saturated rings. The first-order valence-electron chi connectivity index (χ1n) is 8.68. The zero-order valence-corrected chi connectivity index (χ0v) is 17.0. The first-order chi connectivity index (χ1) is 13.3. The number of amidine groups is 1. The first-order valence-corrected chi connectivity index (χ1v) is 9.44. The predicted octanol–water partition coefficient (Wildman–Crippen LogP) is 2.91. The Labute approximate surface area is 172 Å². The Morgan fingerprint density at radius 1 is 1.43 bits per heavy atom. The summed E-state index contributed by atoms with van der Waals surface area (Å²) in [6, 6.07) is 2.70. The molecule has 0 spiro atoms. The number of nitrogens with zero attached hydrogens (tertiary/aromatic N) is 3. The average molecular weight is 427 g/mol. The molecule has 0 amide bonds. The lowest BCUT2D eigenvalue weighted by Crippen LogP contribution is -2.38. The summed E-state index contributed by atoms with van der Waals surface area (Å²) in [6.45, 7) is 5.20. The lowest BCUT2D eigenvalue weighted by Gasteiger charge is -2.30. The highest BCUT2D eigenvalue weighted by Crippen LogP contribution is 2.30. The minimum Gasteiger partial charge on any atom is -0.396 e. The molecular formula is C18H21Cl2FN6O. The highest BCUT2D eigenvalue weighted by Gasteiger charge is 2.23. The Bertz CT molecular complexity index is 910. The number of hydrogen-bond donors (Lipinski definition) is 3. The Balaban J connectivity index is 1.94. The Morgan fingerprint density at radius 3 is 2.86 bits per heavy atom. The fraction of sp³-hybridized carbons (Fsp3) is 0.333. The molecule has 2 aliphatic heterocycles. The summed E-state index contributed by atoms with van der Waals surface area (Å²) >= 11 is 12.3. The summed E-state index contributed by atoms with van der Waals surface area (Å²) in [5.41, 5.74) is 16.3. The van der Waals surface area contributed by atoms with Gasteiger partial charge >= 0.3 is 0 Å². The number of benzene rings is 1. The number of nitrogens with one attached hydrogen (secondary N) is 1. The molecule has 0 bridgehead atoms. The molecule has 0 radical (unpaired) electrons. The van der Waals surface area contributed by atoms with Gasteiger partial charge in [0.05, 0.1) is 23.0 Å². The van der Waals surface area contributed by atoms with Crippen LogP contribution in [-0.4, -0.2) is 29.7 Å². The number of aliphatic imine (C=N–C) groups is 2. The van der Waals surface area contributed by atoms with Gasteiger partial charge in [-0.1, -0.05) is 37.0 Å². The molecule has 0 aliphatic carbocycles. The van der Waals surface area contributed by atoms with E-state index in [1.807, 2.05) is 18.7 Å². The van der Waals surface area contributed by atoms with Crippen molar-refractivity contribution in [3.63, 3.8) is 0 Å². The molecule has 1 aromatic carbocycles. The number of nitrogens with two attached hydrogens (primary N) is 2. The number of halogens is 3. The van der Waals surface area contributed by atoms with Crippen molar-refractivity contribution in [1.29, 1.82) is 0 Å². The van der Waals surface area contributed by atoms with E-state index < -0.39 is 5.82 Å². The monoisotopic (exact) mass is 426 g/mol. The van der Waals surface area contributed by atoms with Gasteiger partial charge in [-0.25, -0.2) is 9.87 Å². The molecule has 1 aromatic rings. The van der Waals surface area contributed by atoms with Crippen LogP contribution in [0.1, 0.15) is 19.4 Å². The van der Waals surface area contributed by atoms with Crippen molar-refractivity contribution < 1.29 is 9.23 Å². The molecule has 0 aromatic heterocycles. The summed E-state index contributed by atoms with van der Waals surface area (Å²) < 4.78 is 13.9. The smallest absolute Gasteiger partial charge is 0.226 e. The van der Waals surface area contributed by atoms with Crippen molar-refractivity contribution in [2.75, 3.05) is 13.1 Å². The van der Waals surface area contributed by atoms with Crippen LogP contribution >= 0.6 is 23.2 Å². The minimum absolute atomic E-state index is 0.0173. The van der Waals surface area contributed by atoms with Crippen molar-refractivity contribution in [2.45, 2.75) is 20.4 Å². The van der Waals surface area contributed by atoms with Gasteiger partial charge in [0.2, 0.25) is 5.90 Å². The second-order valence-electron chi connectivity index (χ2n) is 6.65. The molecule has 10 heteroatoms. The normalized spacial score (nSPS) is 20.1.